The third-order valence-corrected chi connectivity index (χ3v) is 2.26. The molecule has 0 spiro atoms. The average Bonchev–Trinajstić information content (AvgIpc) is 2.75. The van der Waals surface area contributed by atoms with Gasteiger partial charge in [0.2, 0.25) is 0 Å². The second-order valence-electron chi connectivity index (χ2n) is 3.27. The maximum absolute atomic E-state index is 11.2. The predicted octanol–water partition coefficient (Wildman–Crippen LogP) is 1.45. The zero-order valence-electron chi connectivity index (χ0n) is 8.73. The molecule has 2 rings (SSSR count). The van der Waals surface area contributed by atoms with E-state index in [4.69, 9.17) is 5.73 Å². The second-order valence-corrected chi connectivity index (χ2v) is 3.27. The number of H-pyrrole nitrogens is 1. The predicted molar refractivity (Wildman–Crippen MR) is 59.8 cm³/mol. The van der Waals surface area contributed by atoms with E-state index in [9.17, 15) is 4.79 Å². The Morgan fingerprint density at radius 1 is 1.38 bits per heavy atom. The normalized spacial score (nSPS) is 10.1. The van der Waals surface area contributed by atoms with Crippen molar-refractivity contribution in [3.8, 4) is 11.3 Å². The molecule has 0 atom stereocenters. The number of nitrogens with zero attached hydrogens (tertiary/aromatic N) is 1. The van der Waals surface area contributed by atoms with Crippen LogP contribution in [0.5, 0.6) is 0 Å². The monoisotopic (exact) mass is 217 g/mol. The van der Waals surface area contributed by atoms with Crippen LogP contribution in [0.2, 0.25) is 0 Å². The molecule has 0 radical (unpaired) electrons. The van der Waals surface area contributed by atoms with Gasteiger partial charge in [-0.1, -0.05) is 12.1 Å². The van der Waals surface area contributed by atoms with E-state index in [2.05, 4.69) is 14.9 Å². The summed E-state index contributed by atoms with van der Waals surface area (Å²) in [4.78, 5) is 11.2. The van der Waals surface area contributed by atoms with Gasteiger partial charge in [-0.2, -0.15) is 5.10 Å². The highest BCUT2D eigenvalue weighted by molar-refractivity contribution is 5.90. The molecule has 0 fully saturated rings. The SMILES string of the molecule is COC(=O)c1ccc(-c2[nH]ncc2N)cc1. The van der Waals surface area contributed by atoms with Gasteiger partial charge in [-0.15, -0.1) is 0 Å². The first kappa shape index (κ1) is 10.2. The minimum atomic E-state index is -0.357. The smallest absolute Gasteiger partial charge is 0.337 e. The van der Waals surface area contributed by atoms with Gasteiger partial charge in [-0.3, -0.25) is 5.10 Å². The highest BCUT2D eigenvalue weighted by Gasteiger charge is 2.07. The first-order chi connectivity index (χ1) is 7.72. The molecule has 1 aromatic heterocycles. The number of nitrogen functional groups attached to an aromatic ring is 1. The molecule has 3 N–H and O–H groups in total. The molecular weight excluding hydrogens is 206 g/mol. The maximum Gasteiger partial charge on any atom is 0.337 e. The lowest BCUT2D eigenvalue weighted by Gasteiger charge is -2.01. The van der Waals surface area contributed by atoms with Gasteiger partial charge in [0.25, 0.3) is 0 Å². The van der Waals surface area contributed by atoms with Crippen LogP contribution in [-0.2, 0) is 4.74 Å². The third kappa shape index (κ3) is 1.75. The fourth-order valence-corrected chi connectivity index (χ4v) is 1.42. The van der Waals surface area contributed by atoms with Gasteiger partial charge in [-0.25, -0.2) is 4.79 Å². The van der Waals surface area contributed by atoms with E-state index in [0.717, 1.165) is 11.3 Å². The molecule has 0 saturated carbocycles. The van der Waals surface area contributed by atoms with Crippen molar-refractivity contribution in [3.63, 3.8) is 0 Å². The molecule has 0 aliphatic carbocycles. The van der Waals surface area contributed by atoms with Crippen LogP contribution in [0.4, 0.5) is 5.69 Å². The van der Waals surface area contributed by atoms with Gasteiger partial charge in [-0.05, 0) is 12.1 Å². The Bertz CT molecular complexity index is 502. The van der Waals surface area contributed by atoms with Crippen molar-refractivity contribution in [2.75, 3.05) is 12.8 Å². The Kier molecular flexibility index (Phi) is 2.59. The van der Waals surface area contributed by atoms with E-state index in [1.54, 1.807) is 30.5 Å². The molecule has 0 saturated heterocycles. The first-order valence-corrected chi connectivity index (χ1v) is 4.70. The van der Waals surface area contributed by atoms with E-state index in [-0.39, 0.29) is 5.97 Å². The van der Waals surface area contributed by atoms with E-state index >= 15 is 0 Å². The van der Waals surface area contributed by atoms with Crippen molar-refractivity contribution in [1.82, 2.24) is 10.2 Å². The lowest BCUT2D eigenvalue weighted by molar-refractivity contribution is 0.0601. The summed E-state index contributed by atoms with van der Waals surface area (Å²) in [5.41, 5.74) is 8.41. The van der Waals surface area contributed by atoms with Gasteiger partial charge in [0.15, 0.2) is 0 Å². The Hall–Kier alpha value is -2.30. The number of hydrogen-bond donors (Lipinski definition) is 2. The molecule has 0 amide bonds. The van der Waals surface area contributed by atoms with E-state index in [0.29, 0.717) is 11.3 Å². The number of carbonyl (C=O) groups is 1. The third-order valence-electron chi connectivity index (χ3n) is 2.26. The van der Waals surface area contributed by atoms with Crippen LogP contribution in [0.3, 0.4) is 0 Å². The number of hydrogen-bond acceptors (Lipinski definition) is 4. The van der Waals surface area contributed by atoms with Crippen molar-refractivity contribution in [1.29, 1.82) is 0 Å². The molecule has 0 bridgehead atoms. The van der Waals surface area contributed by atoms with Crippen molar-refractivity contribution in [2.24, 2.45) is 0 Å². The van der Waals surface area contributed by atoms with E-state index < -0.39 is 0 Å². The Labute approximate surface area is 92.2 Å². The highest BCUT2D eigenvalue weighted by atomic mass is 16.5. The number of anilines is 1. The Morgan fingerprint density at radius 2 is 2.06 bits per heavy atom. The molecule has 0 unspecified atom stereocenters. The number of carbonyl (C=O) groups excluding carboxylic acids is 1. The summed E-state index contributed by atoms with van der Waals surface area (Å²) in [7, 11) is 1.35. The number of esters is 1. The molecular formula is C11H11N3O2. The van der Waals surface area contributed by atoms with Gasteiger partial charge >= 0.3 is 5.97 Å². The van der Waals surface area contributed by atoms with Crippen LogP contribution >= 0.6 is 0 Å². The summed E-state index contributed by atoms with van der Waals surface area (Å²) in [6, 6.07) is 6.94. The van der Waals surface area contributed by atoms with Crippen LogP contribution in [0.25, 0.3) is 11.3 Å². The first-order valence-electron chi connectivity index (χ1n) is 4.70. The molecule has 0 aliphatic heterocycles. The number of rotatable bonds is 2. The lowest BCUT2D eigenvalue weighted by Crippen LogP contribution is -2.00. The van der Waals surface area contributed by atoms with Crippen molar-refractivity contribution in [2.45, 2.75) is 0 Å². The topological polar surface area (TPSA) is 81.0 Å². The van der Waals surface area contributed by atoms with Crippen LogP contribution in [0, 0.1) is 0 Å². The molecule has 82 valence electrons. The molecule has 1 aromatic carbocycles. The fraction of sp³-hybridized carbons (Fsp3) is 0.0909. The number of nitrogens with two attached hydrogens (primary N) is 1. The maximum atomic E-state index is 11.2. The molecule has 2 aromatic rings. The quantitative estimate of drug-likeness (QED) is 0.746. The molecule has 0 aliphatic rings. The van der Waals surface area contributed by atoms with Gasteiger partial charge in [0.05, 0.1) is 30.3 Å². The Morgan fingerprint density at radius 3 is 2.56 bits per heavy atom. The highest BCUT2D eigenvalue weighted by Crippen LogP contribution is 2.22. The summed E-state index contributed by atoms with van der Waals surface area (Å²) in [6.45, 7) is 0. The molecule has 1 heterocycles. The zero-order chi connectivity index (χ0) is 11.5. The van der Waals surface area contributed by atoms with Gasteiger partial charge in [0.1, 0.15) is 0 Å². The number of ether oxygens (including phenoxy) is 1. The van der Waals surface area contributed by atoms with Crippen LogP contribution in [0.15, 0.2) is 30.5 Å². The fourth-order valence-electron chi connectivity index (χ4n) is 1.42. The second kappa shape index (κ2) is 4.06. The zero-order valence-corrected chi connectivity index (χ0v) is 8.73. The number of methoxy groups -OCH3 is 1. The number of benzene rings is 1. The number of nitrogens with one attached hydrogen (secondary N) is 1. The van der Waals surface area contributed by atoms with Crippen LogP contribution in [-0.4, -0.2) is 23.3 Å². The average molecular weight is 217 g/mol. The summed E-state index contributed by atoms with van der Waals surface area (Å²) in [5, 5.41) is 6.62. The van der Waals surface area contributed by atoms with E-state index in [1.165, 1.54) is 7.11 Å². The van der Waals surface area contributed by atoms with Crippen molar-refractivity contribution >= 4 is 11.7 Å². The van der Waals surface area contributed by atoms with Crippen molar-refractivity contribution in [3.05, 3.63) is 36.0 Å². The molecule has 16 heavy (non-hydrogen) atoms. The molecule has 5 nitrogen and oxygen atoms in total. The summed E-state index contributed by atoms with van der Waals surface area (Å²) >= 11 is 0. The van der Waals surface area contributed by atoms with Crippen LogP contribution < -0.4 is 5.73 Å². The van der Waals surface area contributed by atoms with Crippen LogP contribution in [0.1, 0.15) is 10.4 Å². The largest absolute Gasteiger partial charge is 0.465 e. The summed E-state index contributed by atoms with van der Waals surface area (Å²) in [6.07, 6.45) is 1.55. The van der Waals surface area contributed by atoms with Gasteiger partial charge < -0.3 is 10.5 Å². The summed E-state index contributed by atoms with van der Waals surface area (Å²) < 4.78 is 4.61. The minimum absolute atomic E-state index is 0.357. The number of aromatic nitrogens is 2. The van der Waals surface area contributed by atoms with Gasteiger partial charge in [0, 0.05) is 5.56 Å². The Balaban J connectivity index is 2.33. The lowest BCUT2D eigenvalue weighted by atomic mass is 10.1. The van der Waals surface area contributed by atoms with E-state index in [1.807, 2.05) is 0 Å². The molecule has 5 heteroatoms. The van der Waals surface area contributed by atoms with Crippen molar-refractivity contribution < 1.29 is 9.53 Å². The minimum Gasteiger partial charge on any atom is -0.465 e. The number of aromatic amines is 1. The summed E-state index contributed by atoms with van der Waals surface area (Å²) in [5.74, 6) is -0.357. The standard InChI is InChI=1S/C11H11N3O2/c1-16-11(15)8-4-2-7(3-5-8)10-9(12)6-13-14-10/h2-6H,12H2,1H3,(H,13,14).